The maximum atomic E-state index is 12.4. The first kappa shape index (κ1) is 17.9. The Balaban J connectivity index is 2.27. The van der Waals surface area contributed by atoms with Crippen LogP contribution < -0.4 is 4.83 Å². The molecule has 0 atom stereocenters. The van der Waals surface area contributed by atoms with Crippen molar-refractivity contribution in [2.24, 2.45) is 5.10 Å². The van der Waals surface area contributed by atoms with Gasteiger partial charge in [0, 0.05) is 0 Å². The molecular weight excluding hydrogens is 320 g/mol. The summed E-state index contributed by atoms with van der Waals surface area (Å²) in [7, 11) is -3.68. The van der Waals surface area contributed by atoms with E-state index in [1.165, 1.54) is 0 Å². The molecule has 2 rings (SSSR count). The minimum atomic E-state index is -3.68. The Morgan fingerprint density at radius 2 is 1.58 bits per heavy atom. The molecule has 0 bridgehead atoms. The van der Waals surface area contributed by atoms with Crippen LogP contribution in [0.25, 0.3) is 0 Å². The van der Waals surface area contributed by atoms with Crippen LogP contribution in [0.15, 0.2) is 71.2 Å². The highest BCUT2D eigenvalue weighted by molar-refractivity contribution is 7.89. The first-order valence-corrected chi connectivity index (χ1v) is 9.23. The average molecular weight is 342 g/mol. The number of hydrazone groups is 1. The molecule has 0 saturated heterocycles. The van der Waals surface area contributed by atoms with Crippen molar-refractivity contribution in [2.45, 2.75) is 31.6 Å². The van der Waals surface area contributed by atoms with Crippen molar-refractivity contribution in [1.29, 1.82) is 0 Å². The highest BCUT2D eigenvalue weighted by atomic mass is 32.2. The minimum Gasteiger partial charge on any atom is -0.200 e. The van der Waals surface area contributed by atoms with Crippen molar-refractivity contribution in [3.63, 3.8) is 0 Å². The molecule has 0 fully saturated rings. The van der Waals surface area contributed by atoms with Gasteiger partial charge in [0.1, 0.15) is 0 Å². The smallest absolute Gasteiger partial charge is 0.200 e. The van der Waals surface area contributed by atoms with Crippen molar-refractivity contribution < 1.29 is 8.42 Å². The van der Waals surface area contributed by atoms with Crippen LogP contribution in [-0.2, 0) is 10.0 Å². The average Bonchev–Trinajstić information content (AvgIpc) is 2.56. The monoisotopic (exact) mass is 342 g/mol. The molecule has 0 spiro atoms. The predicted molar refractivity (Wildman–Crippen MR) is 98.6 cm³/mol. The molecule has 0 amide bonds. The zero-order valence-electron chi connectivity index (χ0n) is 14.0. The fourth-order valence-corrected chi connectivity index (χ4v) is 2.96. The van der Waals surface area contributed by atoms with Crippen molar-refractivity contribution in [1.82, 2.24) is 4.83 Å². The van der Waals surface area contributed by atoms with E-state index < -0.39 is 10.0 Å². The van der Waals surface area contributed by atoms with Gasteiger partial charge in [-0.2, -0.15) is 18.4 Å². The Kier molecular flexibility index (Phi) is 5.93. The van der Waals surface area contributed by atoms with Crippen LogP contribution >= 0.6 is 0 Å². The lowest BCUT2D eigenvalue weighted by atomic mass is 10.0. The van der Waals surface area contributed by atoms with E-state index in [9.17, 15) is 8.42 Å². The maximum Gasteiger partial charge on any atom is 0.276 e. The zero-order chi connectivity index (χ0) is 17.6. The Bertz CT molecular complexity index is 821. The van der Waals surface area contributed by atoms with Gasteiger partial charge in [0.05, 0.1) is 10.6 Å². The maximum absolute atomic E-state index is 12.4. The quantitative estimate of drug-likeness (QED) is 0.470. The molecule has 24 heavy (non-hydrogen) atoms. The van der Waals surface area contributed by atoms with Crippen LogP contribution in [0.5, 0.6) is 0 Å². The van der Waals surface area contributed by atoms with Gasteiger partial charge >= 0.3 is 0 Å². The summed E-state index contributed by atoms with van der Waals surface area (Å²) in [6.45, 7) is 7.63. The minimum absolute atomic E-state index is 0.198. The van der Waals surface area contributed by atoms with E-state index in [1.54, 1.807) is 30.3 Å². The second kappa shape index (κ2) is 7.93. The second-order valence-corrected chi connectivity index (χ2v) is 7.32. The van der Waals surface area contributed by atoms with Crippen LogP contribution in [0.1, 0.15) is 29.5 Å². The summed E-state index contributed by atoms with van der Waals surface area (Å²) < 4.78 is 24.7. The van der Waals surface area contributed by atoms with Gasteiger partial charge in [0.15, 0.2) is 0 Å². The highest BCUT2D eigenvalue weighted by Gasteiger charge is 2.13. The number of allylic oxidation sites excluding steroid dienone is 1. The molecule has 0 aromatic heterocycles. The van der Waals surface area contributed by atoms with Gasteiger partial charge in [-0.1, -0.05) is 53.6 Å². The van der Waals surface area contributed by atoms with Gasteiger partial charge in [0.25, 0.3) is 10.0 Å². The van der Waals surface area contributed by atoms with Gasteiger partial charge in [-0.3, -0.25) is 0 Å². The van der Waals surface area contributed by atoms with Crippen LogP contribution in [0.2, 0.25) is 0 Å². The molecule has 0 aliphatic rings. The van der Waals surface area contributed by atoms with Gasteiger partial charge in [-0.25, -0.2) is 0 Å². The van der Waals surface area contributed by atoms with E-state index in [2.05, 4.69) is 16.5 Å². The van der Waals surface area contributed by atoms with Gasteiger partial charge in [-0.15, -0.1) is 6.58 Å². The number of nitrogens with zero attached hydrogens (tertiary/aromatic N) is 1. The first-order chi connectivity index (χ1) is 11.4. The molecule has 0 heterocycles. The van der Waals surface area contributed by atoms with E-state index in [0.29, 0.717) is 12.1 Å². The standard InChI is InChI=1S/C19H22N2O2S/c1-4-5-6-19(17-11-7-15(2)8-12-17)20-21-24(22,23)18-13-9-16(3)10-14-18/h4,7-14,21H,1,5-6H2,2-3H3/b20-19+. The van der Waals surface area contributed by atoms with Crippen LogP contribution in [0, 0.1) is 13.8 Å². The Labute approximate surface area is 144 Å². The number of hydrogen-bond acceptors (Lipinski definition) is 3. The second-order valence-electron chi connectivity index (χ2n) is 5.66. The fourth-order valence-electron chi connectivity index (χ4n) is 2.13. The highest BCUT2D eigenvalue weighted by Crippen LogP contribution is 2.12. The van der Waals surface area contributed by atoms with Crippen LogP contribution in [0.4, 0.5) is 0 Å². The van der Waals surface area contributed by atoms with Gasteiger partial charge in [-0.05, 0) is 44.4 Å². The molecule has 5 heteroatoms. The van der Waals surface area contributed by atoms with E-state index >= 15 is 0 Å². The molecular formula is C19H22N2O2S. The summed E-state index contributed by atoms with van der Waals surface area (Å²) in [5.74, 6) is 0. The van der Waals surface area contributed by atoms with E-state index in [1.807, 2.05) is 38.1 Å². The topological polar surface area (TPSA) is 58.5 Å². The van der Waals surface area contributed by atoms with Gasteiger partial charge in [0.2, 0.25) is 0 Å². The summed E-state index contributed by atoms with van der Waals surface area (Å²) in [5, 5.41) is 4.16. The number of hydrogen-bond donors (Lipinski definition) is 1. The Hall–Kier alpha value is -2.40. The predicted octanol–water partition coefficient (Wildman–Crippen LogP) is 3.95. The van der Waals surface area contributed by atoms with E-state index in [-0.39, 0.29) is 4.90 Å². The fraction of sp³-hybridized carbons (Fsp3) is 0.211. The number of benzene rings is 2. The summed E-state index contributed by atoms with van der Waals surface area (Å²) in [4.78, 5) is 2.54. The lowest BCUT2D eigenvalue weighted by Crippen LogP contribution is -2.20. The third-order valence-electron chi connectivity index (χ3n) is 3.60. The molecule has 1 N–H and O–H groups in total. The molecule has 0 aliphatic heterocycles. The number of sulfonamides is 1. The number of rotatable bonds is 7. The normalized spacial score (nSPS) is 12.0. The summed E-state index contributed by atoms with van der Waals surface area (Å²) >= 11 is 0. The van der Waals surface area contributed by atoms with Crippen LogP contribution in [0.3, 0.4) is 0 Å². The molecule has 0 aliphatic carbocycles. The number of aryl methyl sites for hydroxylation is 2. The van der Waals surface area contributed by atoms with Crippen molar-refractivity contribution in [3.05, 3.63) is 77.9 Å². The molecule has 0 unspecified atom stereocenters. The van der Waals surface area contributed by atoms with Crippen molar-refractivity contribution in [3.8, 4) is 0 Å². The third kappa shape index (κ3) is 4.80. The third-order valence-corrected chi connectivity index (χ3v) is 4.83. The molecule has 4 nitrogen and oxygen atoms in total. The molecule has 2 aromatic carbocycles. The first-order valence-electron chi connectivity index (χ1n) is 7.75. The van der Waals surface area contributed by atoms with E-state index in [4.69, 9.17) is 0 Å². The summed E-state index contributed by atoms with van der Waals surface area (Å²) in [6.07, 6.45) is 3.13. The van der Waals surface area contributed by atoms with Gasteiger partial charge < -0.3 is 0 Å². The summed E-state index contributed by atoms with van der Waals surface area (Å²) in [6, 6.07) is 14.5. The zero-order valence-corrected chi connectivity index (χ0v) is 14.8. The van der Waals surface area contributed by atoms with Crippen molar-refractivity contribution in [2.75, 3.05) is 0 Å². The molecule has 2 aromatic rings. The molecule has 126 valence electrons. The number of nitrogens with one attached hydrogen (secondary N) is 1. The van der Waals surface area contributed by atoms with E-state index in [0.717, 1.165) is 23.1 Å². The lowest BCUT2D eigenvalue weighted by Gasteiger charge is -2.09. The Morgan fingerprint density at radius 1 is 1.04 bits per heavy atom. The lowest BCUT2D eigenvalue weighted by molar-refractivity contribution is 0.584. The largest absolute Gasteiger partial charge is 0.276 e. The SMILES string of the molecule is C=CCC/C(=N\NS(=O)(=O)c1ccc(C)cc1)c1ccc(C)cc1. The Morgan fingerprint density at radius 3 is 2.12 bits per heavy atom. The van der Waals surface area contributed by atoms with Crippen LogP contribution in [-0.4, -0.2) is 14.1 Å². The summed E-state index contributed by atoms with van der Waals surface area (Å²) in [5.41, 5.74) is 3.73. The van der Waals surface area contributed by atoms with Crippen molar-refractivity contribution >= 4 is 15.7 Å². The molecule has 0 radical (unpaired) electrons. The molecule has 0 saturated carbocycles.